The van der Waals surface area contributed by atoms with E-state index >= 15 is 0 Å². The molecule has 0 unspecified atom stereocenters. The third-order valence-corrected chi connectivity index (χ3v) is 3.85. The van der Waals surface area contributed by atoms with Gasteiger partial charge in [-0.05, 0) is 13.5 Å². The van der Waals surface area contributed by atoms with E-state index in [0.717, 1.165) is 12.5 Å². The first kappa shape index (κ1) is 14.8. The van der Waals surface area contributed by atoms with Crippen LogP contribution in [0.4, 0.5) is 0 Å². The smallest absolute Gasteiger partial charge is 0.264 e. The molecule has 0 aromatic carbocycles. The van der Waals surface area contributed by atoms with Gasteiger partial charge in [-0.2, -0.15) is 8.42 Å². The van der Waals surface area contributed by atoms with Gasteiger partial charge in [0.2, 0.25) is 10.0 Å². The molecule has 102 valence electrons. The summed E-state index contributed by atoms with van der Waals surface area (Å²) < 4.78 is 51.1. The Morgan fingerprint density at radius 1 is 1.29 bits per heavy atom. The highest BCUT2D eigenvalue weighted by atomic mass is 32.2. The summed E-state index contributed by atoms with van der Waals surface area (Å²) in [6.07, 6.45) is 2.19. The molecule has 1 saturated heterocycles. The van der Waals surface area contributed by atoms with E-state index in [1.54, 1.807) is 7.05 Å². The van der Waals surface area contributed by atoms with Gasteiger partial charge >= 0.3 is 0 Å². The van der Waals surface area contributed by atoms with Gasteiger partial charge < -0.3 is 0 Å². The van der Waals surface area contributed by atoms with E-state index in [9.17, 15) is 16.8 Å². The fourth-order valence-electron chi connectivity index (χ4n) is 1.83. The zero-order valence-electron chi connectivity index (χ0n) is 10.1. The molecule has 7 nitrogen and oxygen atoms in total. The molecule has 2 atom stereocenters. The number of sulfonamides is 1. The van der Waals surface area contributed by atoms with Crippen molar-refractivity contribution in [1.29, 1.82) is 0 Å². The molecule has 1 fully saturated rings. The van der Waals surface area contributed by atoms with Crippen LogP contribution in [-0.4, -0.2) is 66.5 Å². The van der Waals surface area contributed by atoms with Crippen LogP contribution >= 0.6 is 0 Å². The molecule has 0 aromatic rings. The lowest BCUT2D eigenvalue weighted by molar-refractivity contribution is 0.217. The topological polar surface area (TPSA) is 92.8 Å². The van der Waals surface area contributed by atoms with Crippen molar-refractivity contribution in [2.75, 3.05) is 32.6 Å². The molecule has 1 aliphatic heterocycles. The third-order valence-electron chi connectivity index (χ3n) is 2.54. The van der Waals surface area contributed by atoms with Gasteiger partial charge in [0.1, 0.15) is 0 Å². The standard InChI is InChI=1S/C8H18N2O5S2/c1-10-6-8(15-17(3,13)14)4-7(10)5-9-16(2,11)12/h7-9H,4-6H2,1-3H3/t7-,8+/m0/s1. The average molecular weight is 286 g/mol. The Labute approximate surface area is 102 Å². The lowest BCUT2D eigenvalue weighted by Crippen LogP contribution is -2.37. The summed E-state index contributed by atoms with van der Waals surface area (Å²) >= 11 is 0. The maximum absolute atomic E-state index is 11.0. The van der Waals surface area contributed by atoms with Crippen LogP contribution in [0, 0.1) is 0 Å². The lowest BCUT2D eigenvalue weighted by Gasteiger charge is -2.18. The minimum Gasteiger partial charge on any atom is -0.299 e. The molecule has 0 spiro atoms. The molecule has 9 heteroatoms. The maximum atomic E-state index is 11.0. The quantitative estimate of drug-likeness (QED) is 0.624. The Hall–Kier alpha value is -0.220. The molecule has 0 saturated carbocycles. The monoisotopic (exact) mass is 286 g/mol. The van der Waals surface area contributed by atoms with E-state index in [1.807, 2.05) is 4.90 Å². The van der Waals surface area contributed by atoms with Gasteiger partial charge in [0, 0.05) is 19.1 Å². The number of likely N-dealkylation sites (N-methyl/N-ethyl adjacent to an activating group) is 1. The highest BCUT2D eigenvalue weighted by Crippen LogP contribution is 2.19. The summed E-state index contributed by atoms with van der Waals surface area (Å²) in [5.74, 6) is 0. The molecule has 0 bridgehead atoms. The fraction of sp³-hybridized carbons (Fsp3) is 1.00. The summed E-state index contributed by atoms with van der Waals surface area (Å²) in [5, 5.41) is 0. The van der Waals surface area contributed by atoms with Crippen molar-refractivity contribution in [2.24, 2.45) is 0 Å². The Bertz CT molecular complexity index is 458. The normalized spacial score (nSPS) is 27.5. The molecule has 1 aliphatic rings. The zero-order valence-corrected chi connectivity index (χ0v) is 11.7. The van der Waals surface area contributed by atoms with E-state index in [0.29, 0.717) is 13.0 Å². The first-order valence-electron chi connectivity index (χ1n) is 5.10. The number of nitrogens with one attached hydrogen (secondary N) is 1. The summed E-state index contributed by atoms with van der Waals surface area (Å²) in [7, 11) is -4.88. The van der Waals surface area contributed by atoms with Crippen LogP contribution in [-0.2, 0) is 24.3 Å². The minimum absolute atomic E-state index is 0.0449. The zero-order chi connectivity index (χ0) is 13.3. The summed E-state index contributed by atoms with van der Waals surface area (Å²) in [4.78, 5) is 1.88. The van der Waals surface area contributed by atoms with Crippen LogP contribution < -0.4 is 4.72 Å². The largest absolute Gasteiger partial charge is 0.299 e. The van der Waals surface area contributed by atoms with Gasteiger partial charge in [-0.3, -0.25) is 9.08 Å². The van der Waals surface area contributed by atoms with E-state index in [-0.39, 0.29) is 12.6 Å². The molecule has 0 aromatic heterocycles. The van der Waals surface area contributed by atoms with Gasteiger partial charge in [-0.1, -0.05) is 0 Å². The van der Waals surface area contributed by atoms with E-state index < -0.39 is 26.2 Å². The molecular formula is C8H18N2O5S2. The van der Waals surface area contributed by atoms with Crippen molar-refractivity contribution in [1.82, 2.24) is 9.62 Å². The number of hydrogen-bond acceptors (Lipinski definition) is 6. The Balaban J connectivity index is 2.50. The van der Waals surface area contributed by atoms with E-state index in [2.05, 4.69) is 4.72 Å². The number of rotatable bonds is 5. The van der Waals surface area contributed by atoms with Crippen LogP contribution in [0.1, 0.15) is 6.42 Å². The van der Waals surface area contributed by atoms with Crippen LogP contribution in [0.2, 0.25) is 0 Å². The molecule has 0 amide bonds. The summed E-state index contributed by atoms with van der Waals surface area (Å²) in [6.45, 7) is 0.738. The van der Waals surface area contributed by atoms with E-state index in [1.165, 1.54) is 0 Å². The molecule has 1 heterocycles. The molecule has 1 rings (SSSR count). The van der Waals surface area contributed by atoms with Crippen molar-refractivity contribution in [2.45, 2.75) is 18.6 Å². The van der Waals surface area contributed by atoms with Crippen molar-refractivity contribution in [3.63, 3.8) is 0 Å². The third kappa shape index (κ3) is 5.77. The molecule has 0 radical (unpaired) electrons. The van der Waals surface area contributed by atoms with Crippen LogP contribution in [0.25, 0.3) is 0 Å². The highest BCUT2D eigenvalue weighted by Gasteiger charge is 2.32. The SMILES string of the molecule is CN1C[C@H](OS(C)(=O)=O)C[C@H]1CNS(C)(=O)=O. The number of likely N-dealkylation sites (tertiary alicyclic amines) is 1. The van der Waals surface area contributed by atoms with Crippen LogP contribution in [0.5, 0.6) is 0 Å². The predicted octanol–water partition coefficient (Wildman–Crippen LogP) is -1.42. The van der Waals surface area contributed by atoms with Gasteiger partial charge in [0.15, 0.2) is 0 Å². The van der Waals surface area contributed by atoms with Crippen molar-refractivity contribution < 1.29 is 21.0 Å². The predicted molar refractivity (Wildman–Crippen MR) is 63.6 cm³/mol. The Morgan fingerprint density at radius 2 is 1.88 bits per heavy atom. The lowest BCUT2D eigenvalue weighted by atomic mass is 10.2. The molecule has 1 N–H and O–H groups in total. The van der Waals surface area contributed by atoms with E-state index in [4.69, 9.17) is 4.18 Å². The second-order valence-corrected chi connectivity index (χ2v) is 7.81. The van der Waals surface area contributed by atoms with Crippen LogP contribution in [0.15, 0.2) is 0 Å². The number of nitrogens with zero attached hydrogens (tertiary/aromatic N) is 1. The maximum Gasteiger partial charge on any atom is 0.264 e. The van der Waals surface area contributed by atoms with Crippen molar-refractivity contribution in [3.05, 3.63) is 0 Å². The summed E-state index contributed by atoms with van der Waals surface area (Å²) in [6, 6.07) is -0.0449. The second-order valence-electron chi connectivity index (χ2n) is 4.37. The molecular weight excluding hydrogens is 268 g/mol. The first-order valence-corrected chi connectivity index (χ1v) is 8.81. The van der Waals surface area contributed by atoms with Gasteiger partial charge in [0.25, 0.3) is 10.1 Å². The first-order chi connectivity index (χ1) is 7.57. The Kier molecular flexibility index (Phi) is 4.53. The summed E-state index contributed by atoms with van der Waals surface area (Å²) in [5.41, 5.74) is 0. The Morgan fingerprint density at radius 3 is 2.35 bits per heavy atom. The molecule has 0 aliphatic carbocycles. The van der Waals surface area contributed by atoms with Crippen molar-refractivity contribution in [3.8, 4) is 0 Å². The fourth-order valence-corrected chi connectivity index (χ4v) is 2.96. The van der Waals surface area contributed by atoms with Crippen molar-refractivity contribution >= 4 is 20.1 Å². The minimum atomic E-state index is -3.46. The highest BCUT2D eigenvalue weighted by molar-refractivity contribution is 7.88. The van der Waals surface area contributed by atoms with Gasteiger partial charge in [0.05, 0.1) is 18.6 Å². The number of hydrogen-bond donors (Lipinski definition) is 1. The van der Waals surface area contributed by atoms with Gasteiger partial charge in [-0.25, -0.2) is 13.1 Å². The average Bonchev–Trinajstić information content (AvgIpc) is 2.38. The second kappa shape index (κ2) is 5.19. The molecule has 17 heavy (non-hydrogen) atoms. The van der Waals surface area contributed by atoms with Crippen LogP contribution in [0.3, 0.4) is 0 Å². The van der Waals surface area contributed by atoms with Gasteiger partial charge in [-0.15, -0.1) is 0 Å².